The molecular formula is C34H45FN4O5. The minimum absolute atomic E-state index is 0.0189. The van der Waals surface area contributed by atoms with Crippen LogP contribution in [0.5, 0.6) is 0 Å². The molecule has 1 saturated carbocycles. The summed E-state index contributed by atoms with van der Waals surface area (Å²) in [7, 11) is 0. The Morgan fingerprint density at radius 3 is 2.30 bits per heavy atom. The van der Waals surface area contributed by atoms with Gasteiger partial charge in [0.25, 0.3) is 0 Å². The second-order valence-electron chi connectivity index (χ2n) is 14.9. The Balaban J connectivity index is 1.18. The number of likely N-dealkylation sites (tertiary alicyclic amines) is 2. The summed E-state index contributed by atoms with van der Waals surface area (Å²) < 4.78 is 26.4. The highest BCUT2D eigenvalue weighted by Crippen LogP contribution is 2.51. The van der Waals surface area contributed by atoms with Crippen LogP contribution in [0.1, 0.15) is 91.2 Å². The SMILES string of the molecule is CC(C)(C)OC(=O)N1CCC2(C=C(c3ccc(C[C@@H](C#N)NC(=O)C4C5CCC(C5)N4C(=O)OC(C)(C)C)c(F)c3)C2)CC1. The van der Waals surface area contributed by atoms with Gasteiger partial charge in [0.05, 0.1) is 6.07 Å². The van der Waals surface area contributed by atoms with Gasteiger partial charge in [-0.25, -0.2) is 14.0 Å². The number of halogens is 1. The predicted octanol–water partition coefficient (Wildman–Crippen LogP) is 5.97. The number of allylic oxidation sites excluding steroid dienone is 2. The highest BCUT2D eigenvalue weighted by atomic mass is 19.1. The van der Waals surface area contributed by atoms with Gasteiger partial charge < -0.3 is 19.7 Å². The number of carbonyl (C=O) groups excluding carboxylic acids is 3. The molecule has 9 nitrogen and oxygen atoms in total. The first-order valence-electron chi connectivity index (χ1n) is 15.8. The number of hydrogen-bond acceptors (Lipinski definition) is 6. The van der Waals surface area contributed by atoms with Gasteiger partial charge >= 0.3 is 12.2 Å². The molecule has 4 aliphatic rings. The summed E-state index contributed by atoms with van der Waals surface area (Å²) in [6.07, 6.45) is 6.34. The smallest absolute Gasteiger partial charge is 0.411 e. The van der Waals surface area contributed by atoms with Crippen molar-refractivity contribution in [2.24, 2.45) is 11.3 Å². The molecule has 0 radical (unpaired) electrons. The molecular weight excluding hydrogens is 563 g/mol. The third kappa shape index (κ3) is 6.87. The number of carbonyl (C=O) groups is 3. The fourth-order valence-corrected chi connectivity index (χ4v) is 7.11. The van der Waals surface area contributed by atoms with Crippen LogP contribution in [0.15, 0.2) is 24.3 Å². The maximum absolute atomic E-state index is 15.3. The number of benzene rings is 1. The Morgan fingerprint density at radius 2 is 1.70 bits per heavy atom. The van der Waals surface area contributed by atoms with Crippen LogP contribution in [-0.2, 0) is 20.7 Å². The van der Waals surface area contributed by atoms with Crippen LogP contribution in [0.2, 0.25) is 0 Å². The fraction of sp³-hybridized carbons (Fsp3) is 0.647. The van der Waals surface area contributed by atoms with Crippen molar-refractivity contribution >= 4 is 23.7 Å². The molecule has 1 aromatic carbocycles. The molecule has 5 rings (SSSR count). The quantitative estimate of drug-likeness (QED) is 0.441. The molecule has 238 valence electrons. The Morgan fingerprint density at radius 1 is 1.07 bits per heavy atom. The van der Waals surface area contributed by atoms with Crippen molar-refractivity contribution in [3.8, 4) is 6.07 Å². The number of fused-ring (bicyclic) bond motifs is 2. The molecule has 0 aromatic heterocycles. The molecule has 2 aliphatic heterocycles. The third-order valence-electron chi connectivity index (χ3n) is 9.21. The lowest BCUT2D eigenvalue weighted by molar-refractivity contribution is -0.128. The Bertz CT molecular complexity index is 1380. The van der Waals surface area contributed by atoms with Crippen LogP contribution in [0, 0.1) is 28.5 Å². The van der Waals surface area contributed by atoms with E-state index in [-0.39, 0.29) is 29.9 Å². The van der Waals surface area contributed by atoms with Crippen LogP contribution < -0.4 is 5.32 Å². The van der Waals surface area contributed by atoms with E-state index in [1.165, 1.54) is 6.07 Å². The van der Waals surface area contributed by atoms with E-state index < -0.39 is 41.1 Å². The first-order chi connectivity index (χ1) is 20.6. The van der Waals surface area contributed by atoms with Gasteiger partial charge in [-0.2, -0.15) is 5.26 Å². The molecule has 3 amide bonds. The summed E-state index contributed by atoms with van der Waals surface area (Å²) in [5.41, 5.74) is 1.03. The monoisotopic (exact) mass is 608 g/mol. The topological polar surface area (TPSA) is 112 Å². The average Bonchev–Trinajstić information content (AvgIpc) is 3.53. The van der Waals surface area contributed by atoms with Gasteiger partial charge in [0, 0.05) is 25.6 Å². The van der Waals surface area contributed by atoms with Crippen molar-refractivity contribution in [2.45, 2.75) is 116 Å². The molecule has 44 heavy (non-hydrogen) atoms. The number of nitrogens with one attached hydrogen (secondary N) is 1. The van der Waals surface area contributed by atoms with Crippen molar-refractivity contribution in [1.82, 2.24) is 15.1 Å². The van der Waals surface area contributed by atoms with Gasteiger partial charge in [0.1, 0.15) is 29.1 Å². The standard InChI is InChI=1S/C34H45FN4O5/c1-32(2,3)43-30(41)38-13-11-34(12-14-38)18-24(19-34)21-7-8-22(27(35)17-21)15-25(20-36)37-29(40)28-23-9-10-26(16-23)39(28)31(42)44-33(4,5)6/h7-8,17-18,23,25-26,28H,9-16,19H2,1-6H3,(H,37,40)/t23?,25-,26?,28?/m0/s1. The van der Waals surface area contributed by atoms with Crippen LogP contribution in [-0.4, -0.2) is 70.3 Å². The van der Waals surface area contributed by atoms with E-state index >= 15 is 4.39 Å². The highest BCUT2D eigenvalue weighted by Gasteiger charge is 2.52. The zero-order valence-corrected chi connectivity index (χ0v) is 26.7. The highest BCUT2D eigenvalue weighted by molar-refractivity contribution is 5.87. The molecule has 1 spiro atoms. The Hall–Kier alpha value is -3.61. The number of nitrogens with zero attached hydrogens (tertiary/aromatic N) is 3. The molecule has 2 aliphatic carbocycles. The van der Waals surface area contributed by atoms with Gasteiger partial charge in [0.2, 0.25) is 5.91 Å². The van der Waals surface area contributed by atoms with Crippen molar-refractivity contribution in [2.75, 3.05) is 13.1 Å². The van der Waals surface area contributed by atoms with E-state index in [0.717, 1.165) is 49.7 Å². The molecule has 2 saturated heterocycles. The summed E-state index contributed by atoms with van der Waals surface area (Å²) in [5.74, 6) is -0.797. The van der Waals surface area contributed by atoms with E-state index in [0.29, 0.717) is 18.7 Å². The number of hydrogen-bond donors (Lipinski definition) is 1. The van der Waals surface area contributed by atoms with Crippen LogP contribution in [0.25, 0.3) is 5.57 Å². The normalized spacial score (nSPS) is 24.7. The minimum Gasteiger partial charge on any atom is -0.444 e. The van der Waals surface area contributed by atoms with Gasteiger partial charge in [-0.1, -0.05) is 18.2 Å². The molecule has 1 N–H and O–H groups in total. The average molecular weight is 609 g/mol. The molecule has 4 atom stereocenters. The van der Waals surface area contributed by atoms with Gasteiger partial charge in [-0.3, -0.25) is 9.69 Å². The lowest BCUT2D eigenvalue weighted by Crippen LogP contribution is -2.55. The van der Waals surface area contributed by atoms with Gasteiger partial charge in [0.15, 0.2) is 0 Å². The molecule has 1 aromatic rings. The first kappa shape index (κ1) is 31.8. The minimum atomic E-state index is -0.941. The summed E-state index contributed by atoms with van der Waals surface area (Å²) in [6, 6.07) is 5.46. The van der Waals surface area contributed by atoms with Crippen molar-refractivity contribution < 1.29 is 28.2 Å². The second-order valence-corrected chi connectivity index (χ2v) is 14.9. The van der Waals surface area contributed by atoms with E-state index in [1.807, 2.05) is 26.8 Å². The van der Waals surface area contributed by atoms with E-state index in [1.54, 1.807) is 36.6 Å². The number of ether oxygens (including phenoxy) is 2. The number of rotatable bonds is 5. The van der Waals surface area contributed by atoms with E-state index in [4.69, 9.17) is 9.47 Å². The van der Waals surface area contributed by atoms with Crippen LogP contribution in [0.4, 0.5) is 14.0 Å². The van der Waals surface area contributed by atoms with E-state index in [9.17, 15) is 19.6 Å². The van der Waals surface area contributed by atoms with Crippen LogP contribution in [0.3, 0.4) is 0 Å². The fourth-order valence-electron chi connectivity index (χ4n) is 7.11. The second kappa shape index (κ2) is 11.7. The lowest BCUT2D eigenvalue weighted by atomic mass is 9.64. The van der Waals surface area contributed by atoms with Gasteiger partial charge in [-0.15, -0.1) is 0 Å². The molecule has 10 heteroatoms. The zero-order valence-electron chi connectivity index (χ0n) is 26.7. The van der Waals surface area contributed by atoms with E-state index in [2.05, 4.69) is 17.5 Å². The maximum Gasteiger partial charge on any atom is 0.411 e. The predicted molar refractivity (Wildman–Crippen MR) is 163 cm³/mol. The van der Waals surface area contributed by atoms with Crippen LogP contribution >= 0.6 is 0 Å². The number of piperidine rings is 2. The summed E-state index contributed by atoms with van der Waals surface area (Å²) >= 11 is 0. The summed E-state index contributed by atoms with van der Waals surface area (Å²) in [4.78, 5) is 42.0. The summed E-state index contributed by atoms with van der Waals surface area (Å²) in [5, 5.41) is 12.6. The maximum atomic E-state index is 15.3. The zero-order chi connectivity index (χ0) is 32.0. The van der Waals surface area contributed by atoms with Gasteiger partial charge in [-0.05, 0) is 114 Å². The number of amides is 3. The molecule has 3 unspecified atom stereocenters. The summed E-state index contributed by atoms with van der Waals surface area (Å²) in [6.45, 7) is 12.2. The number of nitriles is 1. The Kier molecular flexibility index (Phi) is 8.47. The first-order valence-corrected chi connectivity index (χ1v) is 15.8. The molecule has 2 bridgehead atoms. The molecule has 2 heterocycles. The van der Waals surface area contributed by atoms with Crippen molar-refractivity contribution in [3.05, 3.63) is 41.2 Å². The largest absolute Gasteiger partial charge is 0.444 e. The van der Waals surface area contributed by atoms with Crippen molar-refractivity contribution in [3.63, 3.8) is 0 Å². The Labute approximate surface area is 259 Å². The lowest BCUT2D eigenvalue weighted by Gasteiger charge is -2.46. The molecule has 3 fully saturated rings. The van der Waals surface area contributed by atoms with Crippen molar-refractivity contribution in [1.29, 1.82) is 5.26 Å². The third-order valence-corrected chi connectivity index (χ3v) is 9.21.